The van der Waals surface area contributed by atoms with Gasteiger partial charge in [0.1, 0.15) is 5.82 Å². The van der Waals surface area contributed by atoms with Crippen molar-refractivity contribution in [1.29, 1.82) is 10.7 Å². The van der Waals surface area contributed by atoms with Crippen molar-refractivity contribution < 1.29 is 18.3 Å². The summed E-state index contributed by atoms with van der Waals surface area (Å²) in [5.41, 5.74) is 1.15. The number of benzene rings is 1. The molecule has 0 aliphatic rings. The van der Waals surface area contributed by atoms with Crippen LogP contribution in [0.3, 0.4) is 0 Å². The van der Waals surface area contributed by atoms with Gasteiger partial charge in [-0.3, -0.25) is 4.79 Å². The van der Waals surface area contributed by atoms with Crippen LogP contribution in [0.25, 0.3) is 5.57 Å². The molecular weight excluding hydrogens is 370 g/mol. The van der Waals surface area contributed by atoms with Crippen molar-refractivity contribution >= 4 is 33.5 Å². The van der Waals surface area contributed by atoms with Crippen molar-refractivity contribution in [2.24, 2.45) is 0 Å². The minimum atomic E-state index is -3.69. The maximum Gasteiger partial charge on any atom is 0.266 e. The number of amides is 1. The van der Waals surface area contributed by atoms with Crippen molar-refractivity contribution in [3.63, 3.8) is 0 Å². The molecule has 1 aromatic heterocycles. The lowest BCUT2D eigenvalue weighted by atomic mass is 10.1. The Bertz CT molecular complexity index is 1040. The quantitative estimate of drug-likeness (QED) is 0.435. The second-order valence-corrected chi connectivity index (χ2v) is 7.10. The number of allylic oxidation sites excluding steroid dienone is 1. The minimum absolute atomic E-state index is 0.0221. The van der Waals surface area contributed by atoms with Gasteiger partial charge in [-0.15, -0.1) is 0 Å². The third-order valence-corrected chi connectivity index (χ3v) is 3.83. The number of nitriles is 1. The fourth-order valence-electron chi connectivity index (χ4n) is 2.03. The van der Waals surface area contributed by atoms with Crippen molar-refractivity contribution in [3.05, 3.63) is 65.2 Å². The fourth-order valence-corrected chi connectivity index (χ4v) is 2.49. The lowest BCUT2D eigenvalue weighted by molar-refractivity contribution is 0.0981. The Morgan fingerprint density at radius 1 is 1.22 bits per heavy atom. The first-order chi connectivity index (χ1) is 12.7. The highest BCUT2D eigenvalue weighted by molar-refractivity contribution is 7.89. The first-order valence-corrected chi connectivity index (χ1v) is 9.32. The summed E-state index contributed by atoms with van der Waals surface area (Å²) >= 11 is 0. The van der Waals surface area contributed by atoms with Gasteiger partial charge in [0.25, 0.3) is 5.91 Å². The summed E-state index contributed by atoms with van der Waals surface area (Å²) < 4.78 is 24.0. The molecule has 0 aliphatic carbocycles. The van der Waals surface area contributed by atoms with E-state index in [0.29, 0.717) is 11.1 Å². The molecule has 1 heterocycles. The third-order valence-electron chi connectivity index (χ3n) is 3.27. The summed E-state index contributed by atoms with van der Waals surface area (Å²) in [6.07, 6.45) is 2.94. The average molecular weight is 385 g/mol. The lowest BCUT2D eigenvalue weighted by Crippen LogP contribution is -2.29. The van der Waals surface area contributed by atoms with Gasteiger partial charge in [-0.1, -0.05) is 12.1 Å². The van der Waals surface area contributed by atoms with Gasteiger partial charge in [0.2, 0.25) is 10.0 Å². The van der Waals surface area contributed by atoms with Crippen molar-refractivity contribution in [1.82, 2.24) is 9.71 Å². The fraction of sp³-hybridized carbons (Fsp3) is 0.0588. The summed E-state index contributed by atoms with van der Waals surface area (Å²) in [6.45, 7) is 0. The Labute approximate surface area is 155 Å². The first kappa shape index (κ1) is 19.6. The smallest absolute Gasteiger partial charge is 0.266 e. The van der Waals surface area contributed by atoms with Crippen LogP contribution >= 0.6 is 0 Å². The molecule has 138 valence electrons. The number of aromatic nitrogens is 1. The van der Waals surface area contributed by atoms with E-state index < -0.39 is 15.9 Å². The monoisotopic (exact) mass is 385 g/mol. The van der Waals surface area contributed by atoms with Crippen molar-refractivity contribution in [3.8, 4) is 6.07 Å². The average Bonchev–Trinajstić information content (AvgIpc) is 2.62. The zero-order valence-corrected chi connectivity index (χ0v) is 14.9. The minimum Gasteiger partial charge on any atom is -0.494 e. The Balaban J connectivity index is 2.21. The molecule has 10 heteroatoms. The van der Waals surface area contributed by atoms with Crippen LogP contribution < -0.4 is 10.0 Å². The molecule has 27 heavy (non-hydrogen) atoms. The first-order valence-electron chi connectivity index (χ1n) is 7.43. The molecule has 4 N–H and O–H groups in total. The highest BCUT2D eigenvalue weighted by Gasteiger charge is 2.12. The van der Waals surface area contributed by atoms with E-state index >= 15 is 0 Å². The Kier molecular flexibility index (Phi) is 5.89. The second-order valence-electron chi connectivity index (χ2n) is 5.36. The molecule has 0 saturated carbocycles. The maximum absolute atomic E-state index is 11.7. The SMILES string of the molecule is CS(=O)(=O)NC(=O)c1ccc(N/C(O)=C(\C=N)c2ccc(C#N)cc2)nc1. The molecule has 0 aliphatic heterocycles. The maximum atomic E-state index is 11.7. The van der Waals surface area contributed by atoms with Gasteiger partial charge in [0.15, 0.2) is 5.88 Å². The van der Waals surface area contributed by atoms with Gasteiger partial charge in [-0.05, 0) is 29.8 Å². The molecule has 1 aromatic carbocycles. The number of nitrogens with zero attached hydrogens (tertiary/aromatic N) is 2. The van der Waals surface area contributed by atoms with Gasteiger partial charge in [-0.25, -0.2) is 18.1 Å². The summed E-state index contributed by atoms with van der Waals surface area (Å²) in [5.74, 6) is -0.999. The molecule has 2 aromatic rings. The van der Waals surface area contributed by atoms with Gasteiger partial charge in [0, 0.05) is 12.4 Å². The van der Waals surface area contributed by atoms with E-state index in [1.807, 2.05) is 10.8 Å². The predicted molar refractivity (Wildman–Crippen MR) is 99.7 cm³/mol. The zero-order valence-electron chi connectivity index (χ0n) is 14.1. The molecule has 0 spiro atoms. The standard InChI is InChI=1S/C17H15N5O4S/c1-27(25,26)22-16(23)13-6-7-15(20-10-13)21-17(24)14(9-19)12-4-2-11(8-18)3-5-12/h2-7,9-10,19,24H,1H3,(H,20,21)(H,22,23)/b17-14-,19-9?. The van der Waals surface area contributed by atoms with E-state index in [4.69, 9.17) is 10.7 Å². The topological polar surface area (TPSA) is 156 Å². The van der Waals surface area contributed by atoms with E-state index in [1.165, 1.54) is 12.1 Å². The molecule has 0 saturated heterocycles. The van der Waals surface area contributed by atoms with Gasteiger partial charge in [0.05, 0.1) is 29.0 Å². The molecule has 0 fully saturated rings. The lowest BCUT2D eigenvalue weighted by Gasteiger charge is -2.09. The number of carbonyl (C=O) groups excluding carboxylic acids is 1. The van der Waals surface area contributed by atoms with Crippen LogP contribution in [0.15, 0.2) is 48.5 Å². The third kappa shape index (κ3) is 5.38. The Morgan fingerprint density at radius 2 is 1.85 bits per heavy atom. The zero-order chi connectivity index (χ0) is 20.0. The normalized spacial score (nSPS) is 11.7. The van der Waals surface area contributed by atoms with Crippen molar-refractivity contribution in [2.45, 2.75) is 0 Å². The largest absolute Gasteiger partial charge is 0.494 e. The molecular formula is C17H15N5O4S. The van der Waals surface area contributed by atoms with Gasteiger partial charge >= 0.3 is 0 Å². The number of aliphatic hydroxyl groups excluding tert-OH is 1. The molecule has 0 unspecified atom stereocenters. The van der Waals surface area contributed by atoms with Crippen molar-refractivity contribution in [2.75, 3.05) is 11.6 Å². The molecule has 0 atom stereocenters. The number of anilines is 1. The number of aliphatic hydroxyl groups is 1. The predicted octanol–water partition coefficient (Wildman–Crippen LogP) is 1.63. The molecule has 2 rings (SSSR count). The molecule has 0 radical (unpaired) electrons. The summed E-state index contributed by atoms with van der Waals surface area (Å²) in [6, 6.07) is 11.0. The van der Waals surface area contributed by atoms with E-state index in [9.17, 15) is 18.3 Å². The summed E-state index contributed by atoms with van der Waals surface area (Å²) in [4.78, 5) is 15.7. The van der Waals surface area contributed by atoms with E-state index in [2.05, 4.69) is 10.3 Å². The molecule has 0 bridgehead atoms. The Hall–Kier alpha value is -3.71. The van der Waals surface area contributed by atoms with Crippen LogP contribution in [0.2, 0.25) is 0 Å². The highest BCUT2D eigenvalue weighted by Crippen LogP contribution is 2.18. The summed E-state index contributed by atoms with van der Waals surface area (Å²) in [5, 5.41) is 29.1. The summed E-state index contributed by atoms with van der Waals surface area (Å²) in [7, 11) is -3.69. The van der Waals surface area contributed by atoms with Gasteiger partial charge in [-0.2, -0.15) is 5.26 Å². The molecule has 1 amide bonds. The van der Waals surface area contributed by atoms with E-state index in [0.717, 1.165) is 18.7 Å². The van der Waals surface area contributed by atoms with Gasteiger partial charge < -0.3 is 15.8 Å². The highest BCUT2D eigenvalue weighted by atomic mass is 32.2. The second kappa shape index (κ2) is 8.11. The number of carbonyl (C=O) groups is 1. The number of pyridine rings is 1. The van der Waals surface area contributed by atoms with Crippen LogP contribution in [0.4, 0.5) is 5.82 Å². The van der Waals surface area contributed by atoms with Crippen LogP contribution in [-0.4, -0.2) is 36.9 Å². The van der Waals surface area contributed by atoms with E-state index in [-0.39, 0.29) is 22.8 Å². The number of hydrogen-bond acceptors (Lipinski definition) is 8. The number of rotatable bonds is 6. The van der Waals surface area contributed by atoms with Crippen LogP contribution in [0.5, 0.6) is 0 Å². The number of nitrogens with one attached hydrogen (secondary N) is 3. The van der Waals surface area contributed by atoms with Crippen LogP contribution in [-0.2, 0) is 10.0 Å². The number of sulfonamides is 1. The van der Waals surface area contributed by atoms with E-state index in [1.54, 1.807) is 24.3 Å². The van der Waals surface area contributed by atoms with Crippen LogP contribution in [0.1, 0.15) is 21.5 Å². The molecule has 9 nitrogen and oxygen atoms in total. The number of hydrogen-bond donors (Lipinski definition) is 4. The van der Waals surface area contributed by atoms with Crippen LogP contribution in [0, 0.1) is 16.7 Å². The Morgan fingerprint density at radius 3 is 2.33 bits per heavy atom.